The van der Waals surface area contributed by atoms with Crippen LogP contribution in [0.3, 0.4) is 0 Å². The molecule has 0 saturated heterocycles. The molecule has 2 rings (SSSR count). The molecule has 192 valence electrons. The maximum atomic E-state index is 13.6. The summed E-state index contributed by atoms with van der Waals surface area (Å²) >= 11 is 2.13. The largest absolute Gasteiger partial charge is 0.497 e. The van der Waals surface area contributed by atoms with Crippen LogP contribution in [-0.4, -0.2) is 57.6 Å². The lowest BCUT2D eigenvalue weighted by Gasteiger charge is -2.33. The number of carbonyl (C=O) groups excluding carboxylic acids is 2. The first-order chi connectivity index (χ1) is 16.5. The van der Waals surface area contributed by atoms with Crippen LogP contribution in [0.15, 0.2) is 48.5 Å². The van der Waals surface area contributed by atoms with Crippen molar-refractivity contribution >= 4 is 50.1 Å². The molecule has 0 bridgehead atoms. The van der Waals surface area contributed by atoms with Crippen molar-refractivity contribution in [1.82, 2.24) is 10.2 Å². The van der Waals surface area contributed by atoms with E-state index in [-0.39, 0.29) is 18.4 Å². The van der Waals surface area contributed by atoms with E-state index in [2.05, 4.69) is 27.9 Å². The summed E-state index contributed by atoms with van der Waals surface area (Å²) in [6.45, 7) is 6.04. The number of hydrogen-bond donors (Lipinski definition) is 1. The van der Waals surface area contributed by atoms with Crippen molar-refractivity contribution in [2.24, 2.45) is 5.92 Å². The molecule has 2 aromatic rings. The number of carbonyl (C=O) groups is 2. The molecule has 0 aliphatic carbocycles. The molecular weight excluding hydrogens is 581 g/mol. The first-order valence-electron chi connectivity index (χ1n) is 11.4. The predicted molar refractivity (Wildman–Crippen MR) is 147 cm³/mol. The average Bonchev–Trinajstić information content (AvgIpc) is 2.81. The zero-order chi connectivity index (χ0) is 26.2. The number of methoxy groups -OCH3 is 1. The van der Waals surface area contributed by atoms with Gasteiger partial charge in [0, 0.05) is 16.7 Å². The summed E-state index contributed by atoms with van der Waals surface area (Å²) in [5.41, 5.74) is 1.19. The van der Waals surface area contributed by atoms with Gasteiger partial charge in [0.25, 0.3) is 0 Å². The fraction of sp³-hybridized carbons (Fsp3) is 0.440. The minimum absolute atomic E-state index is 0.153. The molecule has 2 amide bonds. The Balaban J connectivity index is 2.40. The Morgan fingerprint density at radius 3 is 2.14 bits per heavy atom. The van der Waals surface area contributed by atoms with Crippen molar-refractivity contribution in [3.05, 3.63) is 57.7 Å². The molecule has 0 aromatic heterocycles. The van der Waals surface area contributed by atoms with E-state index in [0.717, 1.165) is 19.7 Å². The van der Waals surface area contributed by atoms with Gasteiger partial charge in [-0.15, -0.1) is 0 Å². The minimum atomic E-state index is -3.75. The van der Waals surface area contributed by atoms with E-state index in [1.54, 1.807) is 43.5 Å². The van der Waals surface area contributed by atoms with Crippen molar-refractivity contribution in [2.75, 3.05) is 30.8 Å². The number of nitrogens with one attached hydrogen (secondary N) is 1. The van der Waals surface area contributed by atoms with Crippen LogP contribution in [0.1, 0.15) is 32.8 Å². The van der Waals surface area contributed by atoms with Gasteiger partial charge in [-0.25, -0.2) is 8.42 Å². The number of sulfonamides is 1. The van der Waals surface area contributed by atoms with Crippen molar-refractivity contribution in [3.8, 4) is 5.75 Å². The van der Waals surface area contributed by atoms with Gasteiger partial charge in [0.2, 0.25) is 21.8 Å². The van der Waals surface area contributed by atoms with E-state index in [4.69, 9.17) is 4.74 Å². The third-order valence-corrected chi connectivity index (χ3v) is 7.24. The Kier molecular flexibility index (Phi) is 10.8. The molecule has 0 aliphatic heterocycles. The van der Waals surface area contributed by atoms with Crippen LogP contribution in [0, 0.1) is 9.49 Å². The van der Waals surface area contributed by atoms with Crippen LogP contribution in [0.25, 0.3) is 0 Å². The van der Waals surface area contributed by atoms with E-state index in [1.807, 2.05) is 32.9 Å². The molecule has 35 heavy (non-hydrogen) atoms. The van der Waals surface area contributed by atoms with Gasteiger partial charge in [-0.2, -0.15) is 0 Å². The minimum Gasteiger partial charge on any atom is -0.497 e. The molecule has 0 saturated carbocycles. The van der Waals surface area contributed by atoms with E-state index in [0.29, 0.717) is 24.4 Å². The number of hydrogen-bond acceptors (Lipinski definition) is 5. The average molecular weight is 616 g/mol. The second kappa shape index (κ2) is 13.1. The van der Waals surface area contributed by atoms with Gasteiger partial charge in [0.1, 0.15) is 18.3 Å². The first-order valence-corrected chi connectivity index (χ1v) is 14.3. The Morgan fingerprint density at radius 1 is 1.06 bits per heavy atom. The van der Waals surface area contributed by atoms with E-state index in [1.165, 1.54) is 4.90 Å². The Labute approximate surface area is 222 Å². The third-order valence-electron chi connectivity index (χ3n) is 5.38. The summed E-state index contributed by atoms with van der Waals surface area (Å²) in [6.07, 6.45) is 1.45. The quantitative estimate of drug-likeness (QED) is 0.368. The van der Waals surface area contributed by atoms with Gasteiger partial charge in [0.15, 0.2) is 0 Å². The monoisotopic (exact) mass is 615 g/mol. The lowest BCUT2D eigenvalue weighted by Crippen LogP contribution is -2.52. The van der Waals surface area contributed by atoms with Gasteiger partial charge >= 0.3 is 0 Å². The normalized spacial score (nSPS) is 12.2. The highest BCUT2D eigenvalue weighted by Gasteiger charge is 2.31. The van der Waals surface area contributed by atoms with Crippen LogP contribution in [0.5, 0.6) is 5.75 Å². The zero-order valence-electron chi connectivity index (χ0n) is 20.8. The van der Waals surface area contributed by atoms with Crippen molar-refractivity contribution < 1.29 is 22.7 Å². The van der Waals surface area contributed by atoms with Gasteiger partial charge < -0.3 is 15.0 Å². The first kappa shape index (κ1) is 28.9. The molecule has 1 unspecified atom stereocenters. The number of amides is 2. The zero-order valence-corrected chi connectivity index (χ0v) is 23.8. The topological polar surface area (TPSA) is 96.0 Å². The highest BCUT2D eigenvalue weighted by molar-refractivity contribution is 14.1. The van der Waals surface area contributed by atoms with Crippen LogP contribution in [0.4, 0.5) is 5.69 Å². The van der Waals surface area contributed by atoms with E-state index >= 15 is 0 Å². The van der Waals surface area contributed by atoms with Crippen molar-refractivity contribution in [3.63, 3.8) is 0 Å². The Bertz CT molecular complexity index is 1090. The molecule has 1 N–H and O–H groups in total. The molecule has 2 aromatic carbocycles. The molecule has 0 spiro atoms. The van der Waals surface area contributed by atoms with Crippen LogP contribution in [-0.2, 0) is 26.2 Å². The standard InChI is InChI=1S/C25H34IN3O5S/c1-6-23(25(31)27-15-18(2)3)28(16-19-7-13-22(34-4)14-8-19)24(30)17-29(35(5,32)33)21-11-9-20(26)10-12-21/h7-14,18,23H,6,15-17H2,1-5H3,(H,27,31). The van der Waals surface area contributed by atoms with Crippen LogP contribution in [0.2, 0.25) is 0 Å². The summed E-state index contributed by atoms with van der Waals surface area (Å²) in [7, 11) is -2.18. The number of halogens is 1. The molecular formula is C25H34IN3O5S. The fourth-order valence-electron chi connectivity index (χ4n) is 3.49. The lowest BCUT2D eigenvalue weighted by atomic mass is 10.1. The van der Waals surface area contributed by atoms with E-state index in [9.17, 15) is 18.0 Å². The molecule has 10 heteroatoms. The number of rotatable bonds is 12. The lowest BCUT2D eigenvalue weighted by molar-refractivity contribution is -0.140. The van der Waals surface area contributed by atoms with E-state index < -0.39 is 28.5 Å². The Hall–Kier alpha value is -2.34. The number of ether oxygens (including phenoxy) is 1. The van der Waals surface area contributed by atoms with Gasteiger partial charge in [0.05, 0.1) is 19.1 Å². The second-order valence-corrected chi connectivity index (χ2v) is 11.8. The molecule has 0 aliphatic rings. The van der Waals surface area contributed by atoms with Gasteiger partial charge in [-0.05, 0) is 76.9 Å². The fourth-order valence-corrected chi connectivity index (χ4v) is 4.70. The van der Waals surface area contributed by atoms with Crippen molar-refractivity contribution in [2.45, 2.75) is 39.8 Å². The maximum Gasteiger partial charge on any atom is 0.244 e. The SMILES string of the molecule is CCC(C(=O)NCC(C)C)N(Cc1ccc(OC)cc1)C(=O)CN(c1ccc(I)cc1)S(C)(=O)=O. The summed E-state index contributed by atoms with van der Waals surface area (Å²) in [6, 6.07) is 13.4. The summed E-state index contributed by atoms with van der Waals surface area (Å²) in [5, 5.41) is 2.91. The summed E-state index contributed by atoms with van der Waals surface area (Å²) in [4.78, 5) is 28.1. The number of anilines is 1. The maximum absolute atomic E-state index is 13.6. The molecule has 8 nitrogen and oxygen atoms in total. The highest BCUT2D eigenvalue weighted by Crippen LogP contribution is 2.21. The smallest absolute Gasteiger partial charge is 0.244 e. The molecule has 0 radical (unpaired) electrons. The van der Waals surface area contributed by atoms with Gasteiger partial charge in [-0.1, -0.05) is 32.9 Å². The molecule has 0 heterocycles. The van der Waals surface area contributed by atoms with Crippen molar-refractivity contribution in [1.29, 1.82) is 0 Å². The summed E-state index contributed by atoms with van der Waals surface area (Å²) < 4.78 is 32.5. The number of benzene rings is 2. The highest BCUT2D eigenvalue weighted by atomic mass is 127. The third kappa shape index (κ3) is 8.68. The molecule has 1 atom stereocenters. The van der Waals surface area contributed by atoms with Crippen LogP contribution >= 0.6 is 22.6 Å². The van der Waals surface area contributed by atoms with Crippen LogP contribution < -0.4 is 14.4 Å². The number of nitrogens with zero attached hydrogens (tertiary/aromatic N) is 2. The summed E-state index contributed by atoms with van der Waals surface area (Å²) in [5.74, 6) is 0.207. The Morgan fingerprint density at radius 2 is 1.66 bits per heavy atom. The molecule has 0 fully saturated rings. The van der Waals surface area contributed by atoms with Gasteiger partial charge in [-0.3, -0.25) is 13.9 Å². The predicted octanol–water partition coefficient (Wildman–Crippen LogP) is 3.65. The second-order valence-electron chi connectivity index (χ2n) is 8.68.